The van der Waals surface area contributed by atoms with Gasteiger partial charge in [0.05, 0.1) is 10.7 Å². The van der Waals surface area contributed by atoms with Crippen LogP contribution in [0.5, 0.6) is 0 Å². The highest BCUT2D eigenvalue weighted by Crippen LogP contribution is 2.34. The van der Waals surface area contributed by atoms with Crippen LogP contribution >= 0.6 is 11.6 Å². The fourth-order valence-electron chi connectivity index (χ4n) is 2.88. The van der Waals surface area contributed by atoms with Crippen molar-refractivity contribution in [2.75, 3.05) is 11.4 Å². The van der Waals surface area contributed by atoms with E-state index in [1.165, 1.54) is 0 Å². The molecule has 2 heterocycles. The lowest BCUT2D eigenvalue weighted by atomic mass is 10.1. The molecule has 1 unspecified atom stereocenters. The second-order valence-corrected chi connectivity index (χ2v) is 6.09. The zero-order valence-electron chi connectivity index (χ0n) is 12.7. The Hall–Kier alpha value is -2.66. The van der Waals surface area contributed by atoms with Crippen molar-refractivity contribution in [3.8, 4) is 11.5 Å². The van der Waals surface area contributed by atoms with E-state index in [0.717, 1.165) is 11.3 Å². The van der Waals surface area contributed by atoms with Crippen LogP contribution in [0, 0.1) is 0 Å². The Morgan fingerprint density at radius 1 is 1.08 bits per heavy atom. The molecule has 1 amide bonds. The van der Waals surface area contributed by atoms with Crippen molar-refractivity contribution < 1.29 is 9.32 Å². The number of benzene rings is 2. The van der Waals surface area contributed by atoms with Crippen LogP contribution in [0.1, 0.15) is 18.2 Å². The van der Waals surface area contributed by atoms with E-state index in [1.54, 1.807) is 11.0 Å². The summed E-state index contributed by atoms with van der Waals surface area (Å²) >= 11 is 6.20. The molecule has 6 heteroatoms. The molecule has 120 valence electrons. The summed E-state index contributed by atoms with van der Waals surface area (Å²) in [5.74, 6) is 0.931. The monoisotopic (exact) mass is 339 g/mol. The van der Waals surface area contributed by atoms with Crippen LogP contribution in [-0.2, 0) is 4.79 Å². The number of carbonyl (C=O) groups is 1. The van der Waals surface area contributed by atoms with Crippen LogP contribution in [0.4, 0.5) is 5.69 Å². The highest BCUT2D eigenvalue weighted by Gasteiger charge is 2.35. The van der Waals surface area contributed by atoms with Gasteiger partial charge in [0.1, 0.15) is 0 Å². The predicted octanol–water partition coefficient (Wildman–Crippen LogP) is 3.91. The van der Waals surface area contributed by atoms with Crippen molar-refractivity contribution in [3.63, 3.8) is 0 Å². The fourth-order valence-corrected chi connectivity index (χ4v) is 3.12. The molecule has 24 heavy (non-hydrogen) atoms. The van der Waals surface area contributed by atoms with Crippen molar-refractivity contribution in [2.45, 2.75) is 12.3 Å². The normalized spacial score (nSPS) is 17.5. The number of carbonyl (C=O) groups excluding carboxylic acids is 1. The number of para-hydroxylation sites is 1. The molecule has 1 fully saturated rings. The van der Waals surface area contributed by atoms with Gasteiger partial charge in [0.25, 0.3) is 5.89 Å². The number of hydrogen-bond acceptors (Lipinski definition) is 4. The number of nitrogens with zero attached hydrogens (tertiary/aromatic N) is 3. The van der Waals surface area contributed by atoms with Gasteiger partial charge < -0.3 is 9.42 Å². The van der Waals surface area contributed by atoms with Gasteiger partial charge in [-0.2, -0.15) is 4.98 Å². The van der Waals surface area contributed by atoms with Gasteiger partial charge in [0, 0.05) is 24.4 Å². The third-order valence-electron chi connectivity index (χ3n) is 4.10. The van der Waals surface area contributed by atoms with E-state index in [9.17, 15) is 4.79 Å². The molecule has 0 bridgehead atoms. The van der Waals surface area contributed by atoms with E-state index in [4.69, 9.17) is 16.1 Å². The summed E-state index contributed by atoms with van der Waals surface area (Å²) in [7, 11) is 0. The van der Waals surface area contributed by atoms with E-state index in [0.29, 0.717) is 29.7 Å². The molecule has 0 N–H and O–H groups in total. The van der Waals surface area contributed by atoms with Gasteiger partial charge in [-0.3, -0.25) is 4.79 Å². The standard InChI is InChI=1S/C18H14ClN3O2/c19-14-8-4-5-9-15(14)22-11-13(10-16(22)23)17-20-18(24-21-17)12-6-2-1-3-7-12/h1-9,13H,10-11H2. The number of halogens is 1. The number of hydrogen-bond donors (Lipinski definition) is 0. The second-order valence-electron chi connectivity index (χ2n) is 5.68. The Labute approximate surface area is 143 Å². The number of aromatic nitrogens is 2. The molecular formula is C18H14ClN3O2. The zero-order chi connectivity index (χ0) is 16.5. The minimum atomic E-state index is -0.102. The molecule has 0 radical (unpaired) electrons. The first-order valence-corrected chi connectivity index (χ1v) is 8.04. The highest BCUT2D eigenvalue weighted by molar-refractivity contribution is 6.33. The van der Waals surface area contributed by atoms with E-state index >= 15 is 0 Å². The molecule has 1 aliphatic rings. The van der Waals surface area contributed by atoms with Crippen LogP contribution in [-0.4, -0.2) is 22.6 Å². The molecule has 3 aromatic rings. The lowest BCUT2D eigenvalue weighted by Gasteiger charge is -2.17. The van der Waals surface area contributed by atoms with Gasteiger partial charge in [0.15, 0.2) is 5.82 Å². The van der Waals surface area contributed by atoms with E-state index in [2.05, 4.69) is 10.1 Å². The largest absolute Gasteiger partial charge is 0.334 e. The van der Waals surface area contributed by atoms with Gasteiger partial charge in [-0.05, 0) is 24.3 Å². The van der Waals surface area contributed by atoms with Gasteiger partial charge in [-0.25, -0.2) is 0 Å². The Kier molecular flexibility index (Phi) is 3.78. The van der Waals surface area contributed by atoms with Gasteiger partial charge >= 0.3 is 0 Å². The first kappa shape index (κ1) is 14.9. The lowest BCUT2D eigenvalue weighted by molar-refractivity contribution is -0.117. The third kappa shape index (κ3) is 2.67. The zero-order valence-corrected chi connectivity index (χ0v) is 13.5. The Morgan fingerprint density at radius 2 is 1.83 bits per heavy atom. The summed E-state index contributed by atoms with van der Waals surface area (Å²) in [6, 6.07) is 16.9. The number of rotatable bonds is 3. The van der Waals surface area contributed by atoms with E-state index < -0.39 is 0 Å². The first-order chi connectivity index (χ1) is 11.7. The van der Waals surface area contributed by atoms with Crippen molar-refractivity contribution >= 4 is 23.2 Å². The van der Waals surface area contributed by atoms with Crippen LogP contribution in [0.3, 0.4) is 0 Å². The molecule has 1 saturated heterocycles. The molecule has 4 rings (SSSR count). The topological polar surface area (TPSA) is 59.2 Å². The SMILES string of the molecule is O=C1CC(c2noc(-c3ccccc3)n2)CN1c1ccccc1Cl. The third-order valence-corrected chi connectivity index (χ3v) is 4.42. The summed E-state index contributed by atoms with van der Waals surface area (Å²) in [5.41, 5.74) is 1.59. The fraction of sp³-hybridized carbons (Fsp3) is 0.167. The maximum absolute atomic E-state index is 12.4. The summed E-state index contributed by atoms with van der Waals surface area (Å²) in [6.45, 7) is 0.496. The molecule has 2 aromatic carbocycles. The molecule has 0 aliphatic carbocycles. The minimum absolute atomic E-state index is 0.0131. The van der Waals surface area contributed by atoms with Crippen LogP contribution in [0.25, 0.3) is 11.5 Å². The molecule has 5 nitrogen and oxygen atoms in total. The molecule has 0 saturated carbocycles. The average Bonchev–Trinajstić information content (AvgIpc) is 3.23. The van der Waals surface area contributed by atoms with Gasteiger partial charge in [-0.15, -0.1) is 0 Å². The maximum atomic E-state index is 12.4. The molecule has 0 spiro atoms. The Balaban J connectivity index is 1.58. The summed E-state index contributed by atoms with van der Waals surface area (Å²) in [6.07, 6.45) is 0.346. The second kappa shape index (κ2) is 6.09. The number of amides is 1. The van der Waals surface area contributed by atoms with Crippen molar-refractivity contribution in [2.24, 2.45) is 0 Å². The maximum Gasteiger partial charge on any atom is 0.257 e. The molecule has 1 aliphatic heterocycles. The first-order valence-electron chi connectivity index (χ1n) is 7.66. The minimum Gasteiger partial charge on any atom is -0.334 e. The Morgan fingerprint density at radius 3 is 2.62 bits per heavy atom. The van der Waals surface area contributed by atoms with E-state index in [-0.39, 0.29) is 11.8 Å². The van der Waals surface area contributed by atoms with Crippen LogP contribution in [0.15, 0.2) is 59.1 Å². The van der Waals surface area contributed by atoms with Crippen molar-refractivity contribution in [3.05, 3.63) is 65.4 Å². The lowest BCUT2D eigenvalue weighted by Crippen LogP contribution is -2.24. The van der Waals surface area contributed by atoms with Crippen molar-refractivity contribution in [1.29, 1.82) is 0 Å². The molecule has 1 aromatic heterocycles. The predicted molar refractivity (Wildman–Crippen MR) is 90.9 cm³/mol. The molecule has 1 atom stereocenters. The average molecular weight is 340 g/mol. The number of anilines is 1. The van der Waals surface area contributed by atoms with Gasteiger partial charge in [-0.1, -0.05) is 47.1 Å². The van der Waals surface area contributed by atoms with Crippen LogP contribution in [0.2, 0.25) is 5.02 Å². The molecular weight excluding hydrogens is 326 g/mol. The van der Waals surface area contributed by atoms with Crippen LogP contribution < -0.4 is 4.90 Å². The summed E-state index contributed by atoms with van der Waals surface area (Å²) in [4.78, 5) is 18.5. The van der Waals surface area contributed by atoms with E-state index in [1.807, 2.05) is 48.5 Å². The smallest absolute Gasteiger partial charge is 0.257 e. The summed E-state index contributed by atoms with van der Waals surface area (Å²) in [5, 5.41) is 4.62. The Bertz CT molecular complexity index is 879. The quantitative estimate of drug-likeness (QED) is 0.726. The van der Waals surface area contributed by atoms with Gasteiger partial charge in [0.2, 0.25) is 5.91 Å². The van der Waals surface area contributed by atoms with Crippen molar-refractivity contribution in [1.82, 2.24) is 10.1 Å². The highest BCUT2D eigenvalue weighted by atomic mass is 35.5. The summed E-state index contributed by atoms with van der Waals surface area (Å²) < 4.78 is 5.35.